The van der Waals surface area contributed by atoms with Crippen molar-refractivity contribution in [2.45, 2.75) is 0 Å². The van der Waals surface area contributed by atoms with Crippen LogP contribution < -0.4 is 5.32 Å². The Labute approximate surface area is 138 Å². The second-order valence-corrected chi connectivity index (χ2v) is 7.80. The molecule has 0 bridgehead atoms. The van der Waals surface area contributed by atoms with Crippen LogP contribution in [0.15, 0.2) is 37.0 Å². The zero-order chi connectivity index (χ0) is 13.3. The van der Waals surface area contributed by atoms with Gasteiger partial charge in [0.05, 0.1) is 13.7 Å². The minimum Gasteiger partial charge on any atom is -0.321 e. The molecule has 0 saturated heterocycles. The molecule has 2 nitrogen and oxygen atoms in total. The van der Waals surface area contributed by atoms with Gasteiger partial charge in [0.25, 0.3) is 5.91 Å². The SMILES string of the molecule is O=C(Nc1ccc(Cl)c(Br)c1)c1cc(Br)c(Br)s1. The van der Waals surface area contributed by atoms with Gasteiger partial charge in [-0.2, -0.15) is 0 Å². The normalized spacial score (nSPS) is 10.4. The fourth-order valence-electron chi connectivity index (χ4n) is 1.23. The first-order valence-corrected chi connectivity index (χ1v) is 8.26. The summed E-state index contributed by atoms with van der Waals surface area (Å²) in [7, 11) is 0. The molecule has 0 spiro atoms. The number of carbonyl (C=O) groups excluding carboxylic acids is 1. The number of hydrogen-bond acceptors (Lipinski definition) is 2. The van der Waals surface area contributed by atoms with Crippen molar-refractivity contribution in [1.82, 2.24) is 0 Å². The molecular weight excluding hydrogens is 469 g/mol. The van der Waals surface area contributed by atoms with Crippen LogP contribution in [0.2, 0.25) is 5.02 Å². The van der Waals surface area contributed by atoms with Crippen molar-refractivity contribution in [3.63, 3.8) is 0 Å². The fraction of sp³-hybridized carbons (Fsp3) is 0. The molecule has 0 fully saturated rings. The Balaban J connectivity index is 2.18. The average Bonchev–Trinajstić information content (AvgIpc) is 2.65. The van der Waals surface area contributed by atoms with Gasteiger partial charge in [-0.05, 0) is 72.1 Å². The number of anilines is 1. The molecular formula is C11H5Br3ClNOS. The number of nitrogens with one attached hydrogen (secondary N) is 1. The molecule has 1 heterocycles. The monoisotopic (exact) mass is 471 g/mol. The van der Waals surface area contributed by atoms with E-state index >= 15 is 0 Å². The van der Waals surface area contributed by atoms with Crippen LogP contribution in [0, 0.1) is 0 Å². The smallest absolute Gasteiger partial charge is 0.265 e. The van der Waals surface area contributed by atoms with Crippen molar-refractivity contribution >= 4 is 82.3 Å². The highest BCUT2D eigenvalue weighted by atomic mass is 79.9. The number of hydrogen-bond donors (Lipinski definition) is 1. The molecule has 0 atom stereocenters. The Hall–Kier alpha value is 0.120. The molecule has 18 heavy (non-hydrogen) atoms. The van der Waals surface area contributed by atoms with Crippen LogP contribution in [0.1, 0.15) is 9.67 Å². The molecule has 0 aliphatic heterocycles. The summed E-state index contributed by atoms with van der Waals surface area (Å²) in [5.74, 6) is -0.152. The molecule has 0 aliphatic rings. The first-order chi connectivity index (χ1) is 8.47. The molecule has 1 aromatic heterocycles. The third-order valence-electron chi connectivity index (χ3n) is 2.05. The number of halogens is 4. The third kappa shape index (κ3) is 3.36. The highest BCUT2D eigenvalue weighted by Gasteiger charge is 2.12. The van der Waals surface area contributed by atoms with Crippen LogP contribution in [0.3, 0.4) is 0 Å². The van der Waals surface area contributed by atoms with E-state index in [2.05, 4.69) is 53.1 Å². The summed E-state index contributed by atoms with van der Waals surface area (Å²) < 4.78 is 2.51. The Morgan fingerprint density at radius 2 is 1.89 bits per heavy atom. The van der Waals surface area contributed by atoms with E-state index in [0.717, 1.165) is 12.7 Å². The summed E-state index contributed by atoms with van der Waals surface area (Å²) >= 11 is 17.3. The van der Waals surface area contributed by atoms with Crippen LogP contribution in [-0.4, -0.2) is 5.91 Å². The molecule has 0 radical (unpaired) electrons. The van der Waals surface area contributed by atoms with E-state index in [1.807, 2.05) is 0 Å². The average molecular weight is 474 g/mol. The number of carbonyl (C=O) groups is 1. The van der Waals surface area contributed by atoms with Crippen molar-refractivity contribution in [3.05, 3.63) is 46.9 Å². The summed E-state index contributed by atoms with van der Waals surface area (Å²) in [6, 6.07) is 7.01. The lowest BCUT2D eigenvalue weighted by Gasteiger charge is -2.04. The van der Waals surface area contributed by atoms with Crippen LogP contribution in [-0.2, 0) is 0 Å². The third-order valence-corrected chi connectivity index (χ3v) is 6.52. The van der Waals surface area contributed by atoms with Gasteiger partial charge in [0, 0.05) is 14.6 Å². The Bertz CT molecular complexity index is 595. The molecule has 1 amide bonds. The second-order valence-electron chi connectivity index (χ2n) is 3.32. The molecule has 0 saturated carbocycles. The molecule has 1 aromatic carbocycles. The molecule has 2 aromatic rings. The number of benzene rings is 1. The summed E-state index contributed by atoms with van der Waals surface area (Å²) in [6.07, 6.45) is 0. The van der Waals surface area contributed by atoms with Crippen molar-refractivity contribution in [3.8, 4) is 0 Å². The van der Waals surface area contributed by atoms with Gasteiger partial charge in [0.15, 0.2) is 0 Å². The molecule has 94 valence electrons. The van der Waals surface area contributed by atoms with E-state index in [1.54, 1.807) is 24.3 Å². The molecule has 7 heteroatoms. The number of rotatable bonds is 2. The standard InChI is InChI=1S/C11H5Br3ClNOS/c12-6-3-5(1-2-8(6)15)16-11(17)9-4-7(13)10(14)18-9/h1-4H,(H,16,17). The van der Waals surface area contributed by atoms with Gasteiger partial charge < -0.3 is 5.32 Å². The summed E-state index contributed by atoms with van der Waals surface area (Å²) in [5, 5.41) is 3.41. The number of amides is 1. The minimum absolute atomic E-state index is 0.152. The van der Waals surface area contributed by atoms with Gasteiger partial charge in [0.1, 0.15) is 0 Å². The lowest BCUT2D eigenvalue weighted by atomic mass is 10.3. The van der Waals surface area contributed by atoms with E-state index < -0.39 is 0 Å². The first kappa shape index (κ1) is 14.5. The van der Waals surface area contributed by atoms with Gasteiger partial charge in [0.2, 0.25) is 0 Å². The van der Waals surface area contributed by atoms with Crippen molar-refractivity contribution in [1.29, 1.82) is 0 Å². The van der Waals surface area contributed by atoms with Crippen LogP contribution in [0.4, 0.5) is 5.69 Å². The predicted molar refractivity (Wildman–Crippen MR) is 86.8 cm³/mol. The summed E-state index contributed by atoms with van der Waals surface area (Å²) in [5.41, 5.74) is 0.692. The summed E-state index contributed by atoms with van der Waals surface area (Å²) in [4.78, 5) is 12.6. The van der Waals surface area contributed by atoms with Gasteiger partial charge >= 0.3 is 0 Å². The van der Waals surface area contributed by atoms with Crippen LogP contribution >= 0.6 is 70.7 Å². The Kier molecular flexibility index (Phi) is 4.88. The Morgan fingerprint density at radius 3 is 2.44 bits per heavy atom. The quantitative estimate of drug-likeness (QED) is 0.574. The zero-order valence-electron chi connectivity index (χ0n) is 8.64. The van der Waals surface area contributed by atoms with Gasteiger partial charge in [-0.25, -0.2) is 0 Å². The van der Waals surface area contributed by atoms with Gasteiger partial charge in [-0.1, -0.05) is 11.6 Å². The second kappa shape index (κ2) is 6.05. The van der Waals surface area contributed by atoms with Crippen molar-refractivity contribution in [2.75, 3.05) is 5.32 Å². The highest BCUT2D eigenvalue weighted by molar-refractivity contribution is 9.13. The lowest BCUT2D eigenvalue weighted by molar-refractivity contribution is 0.103. The van der Waals surface area contributed by atoms with E-state index in [-0.39, 0.29) is 5.91 Å². The molecule has 1 N–H and O–H groups in total. The predicted octanol–water partition coefficient (Wildman–Crippen LogP) is 5.94. The van der Waals surface area contributed by atoms with E-state index in [9.17, 15) is 4.79 Å². The maximum absolute atomic E-state index is 12.0. The van der Waals surface area contributed by atoms with E-state index in [1.165, 1.54) is 11.3 Å². The van der Waals surface area contributed by atoms with Crippen LogP contribution in [0.5, 0.6) is 0 Å². The van der Waals surface area contributed by atoms with Crippen molar-refractivity contribution < 1.29 is 4.79 Å². The summed E-state index contributed by atoms with van der Waals surface area (Å²) in [6.45, 7) is 0. The van der Waals surface area contributed by atoms with Crippen molar-refractivity contribution in [2.24, 2.45) is 0 Å². The van der Waals surface area contributed by atoms with Gasteiger partial charge in [-0.15, -0.1) is 11.3 Å². The topological polar surface area (TPSA) is 29.1 Å². The maximum atomic E-state index is 12.0. The number of thiophene rings is 1. The van der Waals surface area contributed by atoms with E-state index in [0.29, 0.717) is 15.6 Å². The van der Waals surface area contributed by atoms with Crippen LogP contribution in [0.25, 0.3) is 0 Å². The maximum Gasteiger partial charge on any atom is 0.265 e. The van der Waals surface area contributed by atoms with Gasteiger partial charge in [-0.3, -0.25) is 4.79 Å². The lowest BCUT2D eigenvalue weighted by Crippen LogP contribution is -2.09. The van der Waals surface area contributed by atoms with E-state index in [4.69, 9.17) is 11.6 Å². The largest absolute Gasteiger partial charge is 0.321 e. The first-order valence-electron chi connectivity index (χ1n) is 4.68. The zero-order valence-corrected chi connectivity index (χ0v) is 15.0. The highest BCUT2D eigenvalue weighted by Crippen LogP contribution is 2.33. The fourth-order valence-corrected chi connectivity index (χ4v) is 3.65. The molecule has 0 aliphatic carbocycles. The molecule has 0 unspecified atom stereocenters. The minimum atomic E-state index is -0.152. The molecule has 2 rings (SSSR count). The Morgan fingerprint density at radius 1 is 1.17 bits per heavy atom.